The molecule has 0 saturated heterocycles. The number of rotatable bonds is 4. The number of halogens is 4. The lowest BCUT2D eigenvalue weighted by atomic mass is 9.98. The number of hydrogen-bond acceptors (Lipinski definition) is 6. The number of benzene rings is 2. The molecule has 3 heterocycles. The number of anilines is 1. The average molecular weight is 619 g/mol. The van der Waals surface area contributed by atoms with E-state index in [1.807, 2.05) is 0 Å². The van der Waals surface area contributed by atoms with E-state index in [1.165, 1.54) is 24.1 Å². The van der Waals surface area contributed by atoms with E-state index in [-0.39, 0.29) is 51.5 Å². The Morgan fingerprint density at radius 2 is 1.98 bits per heavy atom. The van der Waals surface area contributed by atoms with Crippen LogP contribution in [0.25, 0.3) is 22.3 Å². The second kappa shape index (κ2) is 11.7. The third kappa shape index (κ3) is 5.56. The molecule has 2 atom stereocenters. The summed E-state index contributed by atoms with van der Waals surface area (Å²) in [7, 11) is 2.84. The number of hydrogen-bond donors (Lipinski definition) is 3. The summed E-state index contributed by atoms with van der Waals surface area (Å²) in [6.07, 6.45) is 2.37. The van der Waals surface area contributed by atoms with E-state index in [1.54, 1.807) is 20.0 Å². The Kier molecular flexibility index (Phi) is 8.20. The van der Waals surface area contributed by atoms with Gasteiger partial charge in [0.2, 0.25) is 5.91 Å². The van der Waals surface area contributed by atoms with Gasteiger partial charge in [-0.1, -0.05) is 36.5 Å². The van der Waals surface area contributed by atoms with Crippen molar-refractivity contribution in [2.24, 2.45) is 13.0 Å². The molecule has 2 bridgehead atoms. The molecule has 0 spiro atoms. The molecule has 0 aliphatic carbocycles. The zero-order valence-corrected chi connectivity index (χ0v) is 24.3. The Bertz CT molecular complexity index is 1740. The van der Waals surface area contributed by atoms with Crippen LogP contribution in [-0.4, -0.2) is 44.4 Å². The number of methoxy groups -OCH3 is 1. The summed E-state index contributed by atoms with van der Waals surface area (Å²) in [6.45, 7) is 1.75. The summed E-state index contributed by atoms with van der Waals surface area (Å²) in [5.74, 6) is -4.11. The number of fused-ring (bicyclic) bond motifs is 5. The normalized spacial score (nSPS) is 17.2. The number of aromatic nitrogens is 4. The number of amides is 2. The second-order valence-electron chi connectivity index (χ2n) is 10.1. The third-order valence-electron chi connectivity index (χ3n) is 7.29. The van der Waals surface area contributed by atoms with Crippen LogP contribution in [0.3, 0.4) is 0 Å². The molecule has 2 aromatic heterocycles. The van der Waals surface area contributed by atoms with Crippen molar-refractivity contribution in [2.45, 2.75) is 38.6 Å². The first kappa shape index (κ1) is 29.5. The fourth-order valence-electron chi connectivity index (χ4n) is 4.92. The quantitative estimate of drug-likeness (QED) is 0.259. The molecule has 5 rings (SSSR count). The molecule has 2 amide bonds. The van der Waals surface area contributed by atoms with Gasteiger partial charge in [0, 0.05) is 29.6 Å². The van der Waals surface area contributed by atoms with Gasteiger partial charge < -0.3 is 24.9 Å². The summed E-state index contributed by atoms with van der Waals surface area (Å²) >= 11 is 13.0. The summed E-state index contributed by atoms with van der Waals surface area (Å²) in [5.41, 5.74) is 0.629. The number of carbonyl (C=O) groups is 3. The number of carbonyl (C=O) groups excluding carboxylic acids is 3. The van der Waals surface area contributed by atoms with E-state index in [0.29, 0.717) is 29.7 Å². The van der Waals surface area contributed by atoms with Crippen molar-refractivity contribution in [1.29, 1.82) is 0 Å². The highest BCUT2D eigenvalue weighted by Crippen LogP contribution is 2.38. The maximum atomic E-state index is 15.3. The monoisotopic (exact) mass is 618 g/mol. The van der Waals surface area contributed by atoms with Gasteiger partial charge in [-0.05, 0) is 30.5 Å². The highest BCUT2D eigenvalue weighted by atomic mass is 35.5. The SMILES string of the molecule is COC(=O)Cc1cc2c(cc1Cl)-c1nc([nH]c1Cl)[C@@H](NC(=O)c1c(F)cc3c(ncn3C)c1F)CCC[C@H](C)C(=O)N2. The summed E-state index contributed by atoms with van der Waals surface area (Å²) < 4.78 is 36.4. The maximum absolute atomic E-state index is 15.3. The third-order valence-corrected chi connectivity index (χ3v) is 7.92. The number of imidazole rings is 2. The molecule has 10 nitrogen and oxygen atoms in total. The lowest BCUT2D eigenvalue weighted by molar-refractivity contribution is -0.139. The van der Waals surface area contributed by atoms with Gasteiger partial charge >= 0.3 is 5.97 Å². The highest BCUT2D eigenvalue weighted by Gasteiger charge is 2.29. The largest absolute Gasteiger partial charge is 0.469 e. The van der Waals surface area contributed by atoms with Crippen molar-refractivity contribution in [3.8, 4) is 11.3 Å². The fraction of sp³-hybridized carbons (Fsp3) is 0.321. The predicted octanol–water partition coefficient (Wildman–Crippen LogP) is 5.49. The van der Waals surface area contributed by atoms with E-state index < -0.39 is 41.0 Å². The van der Waals surface area contributed by atoms with Crippen LogP contribution in [-0.2, 0) is 27.8 Å². The molecule has 4 aromatic rings. The van der Waals surface area contributed by atoms with Crippen LogP contribution in [0.5, 0.6) is 0 Å². The van der Waals surface area contributed by atoms with Crippen LogP contribution in [0.2, 0.25) is 10.2 Å². The van der Waals surface area contributed by atoms with Crippen molar-refractivity contribution in [1.82, 2.24) is 24.8 Å². The van der Waals surface area contributed by atoms with Gasteiger partial charge in [0.15, 0.2) is 5.82 Å². The number of aromatic amines is 1. The standard InChI is InChI=1S/C28H26Cl2F2N6O4/c1-12-5-4-6-17(34-28(41)21-16(31)10-19-24(22(21)32)33-11-38(19)2)26-36-23(25(30)37-26)14-9-15(29)13(8-20(39)42-3)7-18(14)35-27(12)40/h7,9-12,17H,4-6,8H2,1-3H3,(H,34,41)(H,35,40)(H,36,37)/t12-,17-/m0/s1. The van der Waals surface area contributed by atoms with Crippen molar-refractivity contribution in [2.75, 3.05) is 12.4 Å². The Morgan fingerprint density at radius 3 is 2.71 bits per heavy atom. The first-order valence-corrected chi connectivity index (χ1v) is 13.8. The van der Waals surface area contributed by atoms with Gasteiger partial charge in [-0.3, -0.25) is 14.4 Å². The minimum absolute atomic E-state index is 0.0797. The minimum atomic E-state index is -1.08. The van der Waals surface area contributed by atoms with Crippen LogP contribution in [0, 0.1) is 17.6 Å². The molecule has 3 N–H and O–H groups in total. The van der Waals surface area contributed by atoms with E-state index in [0.717, 1.165) is 6.07 Å². The fourth-order valence-corrected chi connectivity index (χ4v) is 5.39. The van der Waals surface area contributed by atoms with Crippen molar-refractivity contribution >= 4 is 57.7 Å². The Labute approximate surface area is 248 Å². The number of aryl methyl sites for hydroxylation is 1. The van der Waals surface area contributed by atoms with Crippen LogP contribution < -0.4 is 10.6 Å². The molecule has 1 aliphatic heterocycles. The molecule has 0 fully saturated rings. The predicted molar refractivity (Wildman–Crippen MR) is 152 cm³/mol. The smallest absolute Gasteiger partial charge is 0.310 e. The topological polar surface area (TPSA) is 131 Å². The molecular formula is C28H26Cl2F2N6O4. The summed E-state index contributed by atoms with van der Waals surface area (Å²) in [6, 6.07) is 3.31. The number of esters is 1. The van der Waals surface area contributed by atoms with Crippen molar-refractivity contribution in [3.05, 3.63) is 63.3 Å². The van der Waals surface area contributed by atoms with E-state index in [4.69, 9.17) is 27.9 Å². The Morgan fingerprint density at radius 1 is 1.21 bits per heavy atom. The van der Waals surface area contributed by atoms with Gasteiger partial charge in [-0.25, -0.2) is 18.7 Å². The minimum Gasteiger partial charge on any atom is -0.469 e. The Hall–Kier alpha value is -4.03. The first-order valence-electron chi connectivity index (χ1n) is 13.0. The summed E-state index contributed by atoms with van der Waals surface area (Å²) in [5, 5.41) is 5.86. The number of nitrogens with zero attached hydrogens (tertiary/aromatic N) is 3. The molecule has 14 heteroatoms. The van der Waals surface area contributed by atoms with Crippen LogP contribution >= 0.6 is 23.2 Å². The van der Waals surface area contributed by atoms with Gasteiger partial charge in [0.25, 0.3) is 5.91 Å². The van der Waals surface area contributed by atoms with E-state index in [2.05, 4.69) is 25.6 Å². The Balaban J connectivity index is 1.55. The van der Waals surface area contributed by atoms with Gasteiger partial charge in [0.05, 0.1) is 37.1 Å². The van der Waals surface area contributed by atoms with E-state index >= 15 is 4.39 Å². The van der Waals surface area contributed by atoms with Crippen LogP contribution in [0.1, 0.15) is 54.0 Å². The van der Waals surface area contributed by atoms with Crippen LogP contribution in [0.15, 0.2) is 24.5 Å². The average Bonchev–Trinajstić information content (AvgIpc) is 3.51. The molecular weight excluding hydrogens is 593 g/mol. The number of H-pyrrole nitrogens is 1. The molecule has 0 saturated carbocycles. The number of nitrogens with one attached hydrogen (secondary N) is 3. The lowest BCUT2D eigenvalue weighted by Crippen LogP contribution is -2.31. The molecule has 220 valence electrons. The molecule has 2 aromatic carbocycles. The summed E-state index contributed by atoms with van der Waals surface area (Å²) in [4.78, 5) is 49.8. The molecule has 1 aliphatic rings. The lowest BCUT2D eigenvalue weighted by Gasteiger charge is -2.20. The number of ether oxygens (including phenoxy) is 1. The van der Waals surface area contributed by atoms with Crippen molar-refractivity contribution in [3.63, 3.8) is 0 Å². The van der Waals surface area contributed by atoms with Crippen molar-refractivity contribution < 1.29 is 27.9 Å². The van der Waals surface area contributed by atoms with E-state index in [9.17, 15) is 18.8 Å². The molecule has 0 unspecified atom stereocenters. The molecule has 0 radical (unpaired) electrons. The first-order chi connectivity index (χ1) is 20.0. The van der Waals surface area contributed by atoms with Gasteiger partial charge in [-0.15, -0.1) is 0 Å². The second-order valence-corrected chi connectivity index (χ2v) is 10.9. The zero-order valence-electron chi connectivity index (χ0n) is 22.8. The highest BCUT2D eigenvalue weighted by molar-refractivity contribution is 6.33. The van der Waals surface area contributed by atoms with Gasteiger partial charge in [-0.2, -0.15) is 0 Å². The van der Waals surface area contributed by atoms with Gasteiger partial charge in [0.1, 0.15) is 33.6 Å². The zero-order chi connectivity index (χ0) is 30.3. The van der Waals surface area contributed by atoms with Crippen LogP contribution in [0.4, 0.5) is 14.5 Å². The molecule has 42 heavy (non-hydrogen) atoms. The maximum Gasteiger partial charge on any atom is 0.310 e.